The maximum absolute atomic E-state index is 12.2. The average molecular weight is 334 g/mol. The quantitative estimate of drug-likeness (QED) is 0.803. The largest absolute Gasteiger partial charge is 0.351 e. The van der Waals surface area contributed by atoms with Crippen molar-refractivity contribution in [2.45, 2.75) is 11.8 Å². The van der Waals surface area contributed by atoms with Crippen molar-refractivity contribution in [2.24, 2.45) is 5.73 Å². The summed E-state index contributed by atoms with van der Waals surface area (Å²) in [5.74, 6) is -0.979. The van der Waals surface area contributed by atoms with Crippen molar-refractivity contribution in [3.63, 3.8) is 0 Å². The van der Waals surface area contributed by atoms with Gasteiger partial charge in [-0.15, -0.1) is 12.4 Å². The molecule has 0 spiro atoms. The summed E-state index contributed by atoms with van der Waals surface area (Å²) >= 11 is 0. The molecule has 0 aliphatic carbocycles. The smallest absolute Gasteiger partial charge is 0.268 e. The molecule has 2 amide bonds. The topological polar surface area (TPSA) is 110 Å². The molecule has 0 saturated heterocycles. The minimum absolute atomic E-state index is 0. The number of rotatable bonds is 4. The highest BCUT2D eigenvalue weighted by molar-refractivity contribution is 7.90. The predicted octanol–water partition coefficient (Wildman–Crippen LogP) is -0.0387. The lowest BCUT2D eigenvalue weighted by molar-refractivity contribution is 0.0874. The van der Waals surface area contributed by atoms with Crippen LogP contribution in [0.3, 0.4) is 0 Å². The van der Waals surface area contributed by atoms with E-state index < -0.39 is 21.8 Å². The first-order valence-corrected chi connectivity index (χ1v) is 7.57. The normalized spacial score (nSPS) is 15.3. The Morgan fingerprint density at radius 2 is 2.05 bits per heavy atom. The lowest BCUT2D eigenvalue weighted by atomic mass is 10.1. The van der Waals surface area contributed by atoms with Gasteiger partial charge in [-0.2, -0.15) is 0 Å². The molecule has 7 nitrogen and oxygen atoms in total. The number of nitrogens with two attached hydrogens (primary N) is 1. The molecule has 9 heteroatoms. The van der Waals surface area contributed by atoms with Crippen LogP contribution in [0.4, 0.5) is 0 Å². The number of halogens is 1. The molecule has 2 rings (SSSR count). The number of nitrogens with one attached hydrogen (secondary N) is 1. The van der Waals surface area contributed by atoms with Crippen LogP contribution in [0.2, 0.25) is 0 Å². The van der Waals surface area contributed by atoms with Crippen molar-refractivity contribution >= 4 is 34.2 Å². The van der Waals surface area contributed by atoms with Crippen LogP contribution in [0.5, 0.6) is 0 Å². The molecule has 0 atom stereocenters. The van der Waals surface area contributed by atoms with Crippen molar-refractivity contribution in [2.75, 3.05) is 19.6 Å². The maximum atomic E-state index is 12.2. The summed E-state index contributed by atoms with van der Waals surface area (Å²) in [6, 6.07) is 4.02. The fourth-order valence-electron chi connectivity index (χ4n) is 2.02. The fourth-order valence-corrected chi connectivity index (χ4v) is 3.62. The zero-order valence-corrected chi connectivity index (χ0v) is 13.0. The van der Waals surface area contributed by atoms with Crippen molar-refractivity contribution < 1.29 is 18.0 Å². The van der Waals surface area contributed by atoms with Crippen molar-refractivity contribution in [1.82, 2.24) is 9.62 Å². The molecule has 1 aromatic carbocycles. The molecule has 0 radical (unpaired) electrons. The number of hydrogen-bond donors (Lipinski definition) is 2. The number of nitrogens with zero attached hydrogens (tertiary/aromatic N) is 1. The van der Waals surface area contributed by atoms with Gasteiger partial charge in [0.05, 0.1) is 5.56 Å². The summed E-state index contributed by atoms with van der Waals surface area (Å²) in [5, 5.41) is 2.55. The molecule has 1 aliphatic heterocycles. The Morgan fingerprint density at radius 1 is 1.38 bits per heavy atom. The van der Waals surface area contributed by atoms with Crippen LogP contribution in [0.1, 0.15) is 27.6 Å². The number of benzene rings is 1. The van der Waals surface area contributed by atoms with E-state index in [4.69, 9.17) is 5.73 Å². The molecule has 3 N–H and O–H groups in total. The highest BCUT2D eigenvalue weighted by atomic mass is 35.5. The first-order chi connectivity index (χ1) is 9.43. The van der Waals surface area contributed by atoms with Crippen molar-refractivity contribution in [3.8, 4) is 0 Å². The van der Waals surface area contributed by atoms with Crippen LogP contribution >= 0.6 is 12.4 Å². The van der Waals surface area contributed by atoms with Gasteiger partial charge in [-0.1, -0.05) is 0 Å². The lowest BCUT2D eigenvalue weighted by Gasteiger charge is -2.11. The second-order valence-corrected chi connectivity index (χ2v) is 6.06. The molecule has 1 heterocycles. The SMILES string of the molecule is CCN1C(=O)c2ccc(C(=O)NCCN)cc2S1(=O)=O.Cl. The Bertz CT molecular complexity index is 675. The highest BCUT2D eigenvalue weighted by Gasteiger charge is 2.40. The predicted molar refractivity (Wildman–Crippen MR) is 79.0 cm³/mol. The molecule has 1 aromatic rings. The van der Waals surface area contributed by atoms with E-state index in [0.29, 0.717) is 6.54 Å². The minimum atomic E-state index is -3.84. The second-order valence-electron chi connectivity index (χ2n) is 4.23. The average Bonchev–Trinajstić information content (AvgIpc) is 2.62. The van der Waals surface area contributed by atoms with E-state index in [1.165, 1.54) is 18.2 Å². The Kier molecular flexibility index (Phi) is 5.32. The van der Waals surface area contributed by atoms with Gasteiger partial charge >= 0.3 is 0 Å². The van der Waals surface area contributed by atoms with E-state index in [1.54, 1.807) is 6.92 Å². The van der Waals surface area contributed by atoms with Gasteiger partial charge in [-0.05, 0) is 25.1 Å². The third-order valence-corrected chi connectivity index (χ3v) is 4.88. The van der Waals surface area contributed by atoms with Gasteiger partial charge in [-0.25, -0.2) is 12.7 Å². The molecular formula is C12H16ClN3O4S. The van der Waals surface area contributed by atoms with E-state index >= 15 is 0 Å². The van der Waals surface area contributed by atoms with Gasteiger partial charge in [0.25, 0.3) is 21.8 Å². The van der Waals surface area contributed by atoms with E-state index in [0.717, 1.165) is 4.31 Å². The van der Waals surface area contributed by atoms with E-state index in [1.807, 2.05) is 0 Å². The summed E-state index contributed by atoms with van der Waals surface area (Å²) in [4.78, 5) is 23.6. The zero-order valence-electron chi connectivity index (χ0n) is 11.3. The van der Waals surface area contributed by atoms with E-state index in [2.05, 4.69) is 5.32 Å². The number of hydrogen-bond acceptors (Lipinski definition) is 5. The van der Waals surface area contributed by atoms with Gasteiger partial charge in [0.1, 0.15) is 4.90 Å². The number of fused-ring (bicyclic) bond motifs is 1. The van der Waals surface area contributed by atoms with Crippen LogP contribution in [0, 0.1) is 0 Å². The Hall–Kier alpha value is -1.64. The van der Waals surface area contributed by atoms with Crippen LogP contribution in [-0.4, -0.2) is 44.2 Å². The van der Waals surface area contributed by atoms with E-state index in [-0.39, 0.29) is 41.5 Å². The molecule has 0 fully saturated rings. The standard InChI is InChI=1S/C12H15N3O4S.ClH/c1-2-15-12(17)9-4-3-8(11(16)14-6-5-13)7-10(9)20(15,18)19;/h3-4,7H,2,5-6,13H2,1H3,(H,14,16);1H. The maximum Gasteiger partial charge on any atom is 0.268 e. The highest BCUT2D eigenvalue weighted by Crippen LogP contribution is 2.30. The van der Waals surface area contributed by atoms with E-state index in [9.17, 15) is 18.0 Å². The third-order valence-electron chi connectivity index (χ3n) is 2.99. The van der Waals surface area contributed by atoms with Crippen molar-refractivity contribution in [3.05, 3.63) is 29.3 Å². The second kappa shape index (κ2) is 6.42. The van der Waals surface area contributed by atoms with Crippen molar-refractivity contribution in [1.29, 1.82) is 0 Å². The Labute approximate surface area is 129 Å². The van der Waals surface area contributed by atoms with Crippen LogP contribution in [-0.2, 0) is 10.0 Å². The molecule has 0 saturated carbocycles. The van der Waals surface area contributed by atoms with Gasteiger partial charge in [0.2, 0.25) is 0 Å². The molecule has 21 heavy (non-hydrogen) atoms. The molecule has 1 aliphatic rings. The fraction of sp³-hybridized carbons (Fsp3) is 0.333. The molecule has 116 valence electrons. The summed E-state index contributed by atoms with van der Waals surface area (Å²) in [7, 11) is -3.84. The van der Waals surface area contributed by atoms with Gasteiger partial charge in [0, 0.05) is 25.2 Å². The van der Waals surface area contributed by atoms with Crippen LogP contribution in [0.15, 0.2) is 23.1 Å². The summed E-state index contributed by atoms with van der Waals surface area (Å²) < 4.78 is 25.1. The summed E-state index contributed by atoms with van der Waals surface area (Å²) in [6.45, 7) is 2.22. The molecular weight excluding hydrogens is 318 g/mol. The Morgan fingerprint density at radius 3 is 2.62 bits per heavy atom. The summed E-state index contributed by atoms with van der Waals surface area (Å²) in [5.41, 5.74) is 5.57. The number of carbonyl (C=O) groups excluding carboxylic acids is 2. The van der Waals surface area contributed by atoms with Gasteiger partial charge in [-0.3, -0.25) is 9.59 Å². The molecule has 0 unspecified atom stereocenters. The first kappa shape index (κ1) is 17.4. The number of carbonyl (C=O) groups is 2. The third kappa shape index (κ3) is 2.87. The summed E-state index contributed by atoms with van der Waals surface area (Å²) in [6.07, 6.45) is 0. The minimum Gasteiger partial charge on any atom is -0.351 e. The van der Waals surface area contributed by atoms with Crippen LogP contribution < -0.4 is 11.1 Å². The molecule has 0 aromatic heterocycles. The first-order valence-electron chi connectivity index (χ1n) is 6.13. The van der Waals surface area contributed by atoms with Gasteiger partial charge < -0.3 is 11.1 Å². The van der Waals surface area contributed by atoms with Gasteiger partial charge in [0.15, 0.2) is 0 Å². The van der Waals surface area contributed by atoms with Crippen LogP contribution in [0.25, 0.3) is 0 Å². The zero-order chi connectivity index (χ0) is 14.9. The number of amides is 2. The lowest BCUT2D eigenvalue weighted by Crippen LogP contribution is -2.29. The number of sulfonamides is 1. The molecule has 0 bridgehead atoms. The Balaban J connectivity index is 0.00000220. The monoisotopic (exact) mass is 333 g/mol.